The van der Waals surface area contributed by atoms with E-state index < -0.39 is 55.9 Å². The van der Waals surface area contributed by atoms with Gasteiger partial charge in [0.15, 0.2) is 5.69 Å². The quantitative estimate of drug-likeness (QED) is 0.631. The van der Waals surface area contributed by atoms with Crippen LogP contribution in [0.2, 0.25) is 0 Å². The molecule has 1 aliphatic heterocycles. The molecule has 1 atom stereocenters. The second kappa shape index (κ2) is 8.73. The minimum absolute atomic E-state index is 0.110. The molecule has 0 radical (unpaired) electrons. The van der Waals surface area contributed by atoms with E-state index in [4.69, 9.17) is 4.74 Å². The molecule has 7 nitrogen and oxygen atoms in total. The van der Waals surface area contributed by atoms with Crippen molar-refractivity contribution >= 4 is 15.7 Å². The number of amides is 1. The Bertz CT molecular complexity index is 1060. The SMILES string of the molecule is O=C(c1ccccc1S(=O)(=O)C(F)F)N1CCCC(Oc2nccc(C(F)(F)F)n2)C1. The molecule has 1 aromatic carbocycles. The first-order chi connectivity index (χ1) is 14.5. The summed E-state index contributed by atoms with van der Waals surface area (Å²) in [5, 5.41) is 0. The maximum Gasteiger partial charge on any atom is 0.433 e. The number of rotatable bonds is 5. The van der Waals surface area contributed by atoms with Gasteiger partial charge in [-0.3, -0.25) is 4.79 Å². The molecular formula is C18H16F5N3O4S. The lowest BCUT2D eigenvalue weighted by Gasteiger charge is -2.32. The number of alkyl halides is 5. The van der Waals surface area contributed by atoms with Crippen LogP contribution in [0.15, 0.2) is 41.4 Å². The van der Waals surface area contributed by atoms with Crippen molar-refractivity contribution in [3.05, 3.63) is 47.8 Å². The number of likely N-dealkylation sites (tertiary alicyclic amines) is 1. The molecule has 31 heavy (non-hydrogen) atoms. The summed E-state index contributed by atoms with van der Waals surface area (Å²) in [6.45, 7) is 0.0761. The van der Waals surface area contributed by atoms with E-state index in [1.807, 2.05) is 0 Å². The molecule has 0 spiro atoms. The van der Waals surface area contributed by atoms with Gasteiger partial charge in [0.2, 0.25) is 9.84 Å². The topological polar surface area (TPSA) is 89.5 Å². The molecule has 3 rings (SSSR count). The van der Waals surface area contributed by atoms with Gasteiger partial charge in [0.1, 0.15) is 6.10 Å². The molecule has 2 heterocycles. The third-order valence-electron chi connectivity index (χ3n) is 4.52. The van der Waals surface area contributed by atoms with E-state index >= 15 is 0 Å². The predicted molar refractivity (Wildman–Crippen MR) is 96.2 cm³/mol. The van der Waals surface area contributed by atoms with Crippen LogP contribution in [0.5, 0.6) is 6.01 Å². The smallest absolute Gasteiger partial charge is 0.433 e. The van der Waals surface area contributed by atoms with Crippen molar-refractivity contribution in [1.29, 1.82) is 0 Å². The first kappa shape index (κ1) is 22.8. The molecule has 1 aliphatic rings. The molecule has 2 aromatic rings. The molecule has 1 saturated heterocycles. The number of carbonyl (C=O) groups is 1. The second-order valence-corrected chi connectivity index (χ2v) is 8.54. The first-order valence-corrected chi connectivity index (χ1v) is 10.5. The third kappa shape index (κ3) is 5.09. The van der Waals surface area contributed by atoms with Crippen LogP contribution in [-0.2, 0) is 16.0 Å². The van der Waals surface area contributed by atoms with Crippen LogP contribution in [0, 0.1) is 0 Å². The fourth-order valence-electron chi connectivity index (χ4n) is 3.08. The zero-order chi connectivity index (χ0) is 22.8. The summed E-state index contributed by atoms with van der Waals surface area (Å²) in [6.07, 6.45) is -3.79. The lowest BCUT2D eigenvalue weighted by atomic mass is 10.1. The average Bonchev–Trinajstić information content (AvgIpc) is 2.73. The van der Waals surface area contributed by atoms with Gasteiger partial charge in [-0.15, -0.1) is 0 Å². The summed E-state index contributed by atoms with van der Waals surface area (Å²) >= 11 is 0. The zero-order valence-electron chi connectivity index (χ0n) is 15.7. The normalized spacial score (nSPS) is 17.6. The van der Waals surface area contributed by atoms with Crippen LogP contribution in [0.1, 0.15) is 28.9 Å². The highest BCUT2D eigenvalue weighted by Crippen LogP contribution is 2.29. The Kier molecular flexibility index (Phi) is 6.43. The minimum Gasteiger partial charge on any atom is -0.458 e. The minimum atomic E-state index is -5.01. The van der Waals surface area contributed by atoms with Crippen molar-refractivity contribution in [3.8, 4) is 6.01 Å². The largest absolute Gasteiger partial charge is 0.458 e. The van der Waals surface area contributed by atoms with Crippen LogP contribution in [0.3, 0.4) is 0 Å². The van der Waals surface area contributed by atoms with Crippen molar-refractivity contribution in [2.24, 2.45) is 0 Å². The molecule has 0 aliphatic carbocycles. The molecule has 0 bridgehead atoms. The molecule has 0 N–H and O–H groups in total. The standard InChI is InChI=1S/C18H16F5N3O4S/c19-16(20)31(28,29)13-6-2-1-5-12(13)15(27)26-9-3-4-11(10-26)30-17-24-8-7-14(25-17)18(21,22)23/h1-2,5-8,11,16H,3-4,9-10H2. The lowest BCUT2D eigenvalue weighted by Crippen LogP contribution is -2.45. The Morgan fingerprint density at radius 3 is 2.58 bits per heavy atom. The van der Waals surface area contributed by atoms with E-state index in [1.165, 1.54) is 17.0 Å². The van der Waals surface area contributed by atoms with Gasteiger partial charge in [-0.2, -0.15) is 26.9 Å². The Hall–Kier alpha value is -2.83. The number of hydrogen-bond acceptors (Lipinski definition) is 6. The number of hydrogen-bond donors (Lipinski definition) is 0. The summed E-state index contributed by atoms with van der Waals surface area (Å²) in [5.74, 6) is -4.50. The first-order valence-electron chi connectivity index (χ1n) is 8.97. The van der Waals surface area contributed by atoms with Crippen LogP contribution in [0.25, 0.3) is 0 Å². The highest BCUT2D eigenvalue weighted by Gasteiger charge is 2.35. The van der Waals surface area contributed by atoms with E-state index in [1.54, 1.807) is 0 Å². The van der Waals surface area contributed by atoms with Crippen molar-refractivity contribution < 1.29 is 39.9 Å². The molecule has 13 heteroatoms. The van der Waals surface area contributed by atoms with Gasteiger partial charge < -0.3 is 9.64 Å². The maximum absolute atomic E-state index is 13.0. The van der Waals surface area contributed by atoms with E-state index in [0.29, 0.717) is 18.9 Å². The fraction of sp³-hybridized carbons (Fsp3) is 0.389. The number of ether oxygens (including phenoxy) is 1. The van der Waals surface area contributed by atoms with Gasteiger partial charge in [-0.1, -0.05) is 12.1 Å². The molecule has 168 valence electrons. The number of piperidine rings is 1. The Balaban J connectivity index is 1.79. The Labute approximate surface area is 173 Å². The molecule has 1 unspecified atom stereocenters. The predicted octanol–water partition coefficient (Wildman–Crippen LogP) is 3.18. The third-order valence-corrected chi connectivity index (χ3v) is 5.96. The van der Waals surface area contributed by atoms with Crippen LogP contribution < -0.4 is 4.74 Å². The number of benzene rings is 1. The molecular weight excluding hydrogens is 449 g/mol. The number of sulfone groups is 1. The van der Waals surface area contributed by atoms with E-state index in [-0.39, 0.29) is 13.1 Å². The Morgan fingerprint density at radius 2 is 1.90 bits per heavy atom. The van der Waals surface area contributed by atoms with E-state index in [0.717, 1.165) is 18.3 Å². The van der Waals surface area contributed by atoms with Gasteiger partial charge in [0, 0.05) is 12.7 Å². The maximum atomic E-state index is 13.0. The highest BCUT2D eigenvalue weighted by molar-refractivity contribution is 7.91. The monoisotopic (exact) mass is 465 g/mol. The van der Waals surface area contributed by atoms with Crippen molar-refractivity contribution in [2.75, 3.05) is 13.1 Å². The molecule has 1 amide bonds. The molecule has 0 saturated carbocycles. The summed E-state index contributed by atoms with van der Waals surface area (Å²) < 4.78 is 93.5. The van der Waals surface area contributed by atoms with Gasteiger partial charge in [-0.25, -0.2) is 13.4 Å². The van der Waals surface area contributed by atoms with Crippen molar-refractivity contribution in [3.63, 3.8) is 0 Å². The second-order valence-electron chi connectivity index (χ2n) is 6.66. The zero-order valence-corrected chi connectivity index (χ0v) is 16.5. The van der Waals surface area contributed by atoms with Gasteiger partial charge in [0.25, 0.3) is 5.91 Å². The van der Waals surface area contributed by atoms with Crippen LogP contribution in [-0.4, -0.2) is 54.1 Å². The summed E-state index contributed by atoms with van der Waals surface area (Å²) in [7, 11) is -5.01. The van der Waals surface area contributed by atoms with Gasteiger partial charge in [0.05, 0.1) is 17.0 Å². The summed E-state index contributed by atoms with van der Waals surface area (Å²) in [4.78, 5) is 20.2. The van der Waals surface area contributed by atoms with Gasteiger partial charge >= 0.3 is 17.9 Å². The van der Waals surface area contributed by atoms with Crippen molar-refractivity contribution in [2.45, 2.75) is 35.8 Å². The molecule has 1 fully saturated rings. The van der Waals surface area contributed by atoms with E-state index in [9.17, 15) is 35.2 Å². The number of aromatic nitrogens is 2. The van der Waals surface area contributed by atoms with Gasteiger partial charge in [-0.05, 0) is 31.0 Å². The Morgan fingerprint density at radius 1 is 1.19 bits per heavy atom. The van der Waals surface area contributed by atoms with E-state index in [2.05, 4.69) is 9.97 Å². The average molecular weight is 465 g/mol. The highest BCUT2D eigenvalue weighted by atomic mass is 32.2. The van der Waals surface area contributed by atoms with Crippen LogP contribution in [0.4, 0.5) is 22.0 Å². The lowest BCUT2D eigenvalue weighted by molar-refractivity contribution is -0.141. The van der Waals surface area contributed by atoms with Crippen molar-refractivity contribution in [1.82, 2.24) is 14.9 Å². The van der Waals surface area contributed by atoms with Crippen LogP contribution >= 0.6 is 0 Å². The number of nitrogens with zero attached hydrogens (tertiary/aromatic N) is 3. The number of carbonyl (C=O) groups excluding carboxylic acids is 1. The fourth-order valence-corrected chi connectivity index (χ4v) is 4.00. The summed E-state index contributed by atoms with van der Waals surface area (Å²) in [6, 6.07) is 4.77. The number of halogens is 5. The summed E-state index contributed by atoms with van der Waals surface area (Å²) in [5.41, 5.74) is -1.61. The molecule has 1 aromatic heterocycles.